The van der Waals surface area contributed by atoms with E-state index in [1.54, 1.807) is 13.8 Å². The summed E-state index contributed by atoms with van der Waals surface area (Å²) in [5.74, 6) is -0.895. The Morgan fingerprint density at radius 2 is 1.81 bits per heavy atom. The second-order valence-corrected chi connectivity index (χ2v) is 10.3. The zero-order valence-corrected chi connectivity index (χ0v) is 20.0. The Labute approximate surface area is 185 Å². The van der Waals surface area contributed by atoms with Crippen LogP contribution in [0.25, 0.3) is 0 Å². The smallest absolute Gasteiger partial charge is 0.305 e. The van der Waals surface area contributed by atoms with E-state index in [0.717, 1.165) is 5.56 Å². The number of sulfonamides is 1. The van der Waals surface area contributed by atoms with Crippen LogP contribution < -0.4 is 10.0 Å². The molecule has 0 aliphatic carbocycles. The van der Waals surface area contributed by atoms with Crippen molar-refractivity contribution in [2.75, 3.05) is 6.61 Å². The number of aryl methyl sites for hydroxylation is 3. The Bertz CT molecular complexity index is 890. The van der Waals surface area contributed by atoms with Crippen LogP contribution >= 0.6 is 0 Å². The molecule has 0 radical (unpaired) electrons. The maximum Gasteiger partial charge on any atom is 0.305 e. The van der Waals surface area contributed by atoms with E-state index in [9.17, 15) is 18.0 Å². The molecule has 1 unspecified atom stereocenters. The maximum absolute atomic E-state index is 13.2. The largest absolute Gasteiger partial charge is 0.434 e. The summed E-state index contributed by atoms with van der Waals surface area (Å²) in [7, 11) is -3.93. The lowest BCUT2D eigenvalue weighted by atomic mass is 10.0. The van der Waals surface area contributed by atoms with E-state index >= 15 is 0 Å². The maximum atomic E-state index is 13.2. The van der Waals surface area contributed by atoms with Gasteiger partial charge in [0.05, 0.1) is 17.5 Å². The number of benzene rings is 1. The number of ether oxygens (including phenoxy) is 2. The van der Waals surface area contributed by atoms with E-state index in [4.69, 9.17) is 9.47 Å². The lowest BCUT2D eigenvalue weighted by Crippen LogP contribution is -2.55. The molecule has 1 fully saturated rings. The normalized spacial score (nSPS) is 20.4. The van der Waals surface area contributed by atoms with Crippen LogP contribution in [0.5, 0.6) is 0 Å². The molecule has 2 rings (SSSR count). The summed E-state index contributed by atoms with van der Waals surface area (Å²) < 4.78 is 39.6. The Morgan fingerprint density at radius 3 is 2.35 bits per heavy atom. The zero-order valence-electron chi connectivity index (χ0n) is 19.2. The van der Waals surface area contributed by atoms with Crippen molar-refractivity contribution in [2.45, 2.75) is 84.1 Å². The van der Waals surface area contributed by atoms with E-state index < -0.39 is 40.3 Å². The molecular formula is C22H34N2O6S. The van der Waals surface area contributed by atoms with E-state index in [0.29, 0.717) is 37.0 Å². The highest BCUT2D eigenvalue weighted by molar-refractivity contribution is 7.89. The molecule has 0 bridgehead atoms. The monoisotopic (exact) mass is 454 g/mol. The minimum Gasteiger partial charge on any atom is -0.434 e. The zero-order chi connectivity index (χ0) is 23.3. The van der Waals surface area contributed by atoms with Crippen LogP contribution in [0.3, 0.4) is 0 Å². The summed E-state index contributed by atoms with van der Waals surface area (Å²) in [6.07, 6.45) is 0.709. The van der Waals surface area contributed by atoms with Crippen molar-refractivity contribution in [3.8, 4) is 0 Å². The van der Waals surface area contributed by atoms with Crippen LogP contribution in [0.1, 0.15) is 56.7 Å². The molecule has 3 atom stereocenters. The molecule has 0 spiro atoms. The van der Waals surface area contributed by atoms with Crippen LogP contribution in [0.4, 0.5) is 0 Å². The van der Waals surface area contributed by atoms with E-state index in [-0.39, 0.29) is 10.8 Å². The molecule has 1 amide bonds. The molecule has 174 valence electrons. The number of hydrogen-bond donors (Lipinski definition) is 2. The lowest BCUT2D eigenvalue weighted by Gasteiger charge is -2.32. The van der Waals surface area contributed by atoms with Crippen molar-refractivity contribution < 1.29 is 27.5 Å². The van der Waals surface area contributed by atoms with Crippen molar-refractivity contribution in [1.82, 2.24) is 10.0 Å². The quantitative estimate of drug-likeness (QED) is 0.584. The third-order valence-electron chi connectivity index (χ3n) is 5.07. The molecule has 9 heteroatoms. The summed E-state index contributed by atoms with van der Waals surface area (Å²) in [4.78, 5) is 24.6. The molecular weight excluding hydrogens is 420 g/mol. The highest BCUT2D eigenvalue weighted by Crippen LogP contribution is 2.23. The number of hydrogen-bond acceptors (Lipinski definition) is 6. The minimum absolute atomic E-state index is 0.0746. The Morgan fingerprint density at radius 1 is 1.19 bits per heavy atom. The lowest BCUT2D eigenvalue weighted by molar-refractivity contribution is -0.192. The summed E-state index contributed by atoms with van der Waals surface area (Å²) >= 11 is 0. The molecule has 31 heavy (non-hydrogen) atoms. The van der Waals surface area contributed by atoms with Gasteiger partial charge in [0.15, 0.2) is 0 Å². The topological polar surface area (TPSA) is 111 Å². The van der Waals surface area contributed by atoms with Gasteiger partial charge in [-0.25, -0.2) is 8.42 Å². The van der Waals surface area contributed by atoms with E-state index in [2.05, 4.69) is 10.0 Å². The highest BCUT2D eigenvalue weighted by atomic mass is 32.2. The molecule has 0 saturated carbocycles. The summed E-state index contributed by atoms with van der Waals surface area (Å²) in [5.41, 5.74) is 2.23. The molecule has 0 aromatic heterocycles. The SMILES string of the molecule is CC(=O)O[C@@H]1OCCC[C@@H]1NC(=O)C(CC(C)C)NS(=O)(=O)c1c(C)cc(C)cc1C. The van der Waals surface area contributed by atoms with E-state index in [1.807, 2.05) is 32.9 Å². The number of nitrogens with one attached hydrogen (secondary N) is 2. The van der Waals surface area contributed by atoms with Gasteiger partial charge in [0, 0.05) is 6.92 Å². The highest BCUT2D eigenvalue weighted by Gasteiger charge is 2.34. The molecule has 2 N–H and O–H groups in total. The average Bonchev–Trinajstić information content (AvgIpc) is 2.60. The molecule has 1 saturated heterocycles. The Kier molecular flexibility index (Phi) is 8.62. The molecule has 8 nitrogen and oxygen atoms in total. The number of amides is 1. The number of rotatable bonds is 8. The standard InChI is InChI=1S/C22H34N2O6S/c1-13(2)10-19(21(26)23-18-8-7-9-29-22(18)30-17(6)25)24-31(27,28)20-15(4)11-14(3)12-16(20)5/h11-13,18-19,22,24H,7-10H2,1-6H3,(H,23,26)/t18-,19?,22-/m0/s1. The summed E-state index contributed by atoms with van der Waals surface area (Å²) in [6.45, 7) is 10.9. The fourth-order valence-electron chi connectivity index (χ4n) is 3.98. The van der Waals surface area contributed by atoms with Gasteiger partial charge in [-0.15, -0.1) is 0 Å². The van der Waals surface area contributed by atoms with Crippen LogP contribution in [-0.4, -0.2) is 45.3 Å². The Balaban J connectivity index is 2.24. The molecule has 1 aliphatic heterocycles. The van der Waals surface area contributed by atoms with Gasteiger partial charge in [-0.3, -0.25) is 9.59 Å². The first kappa shape index (κ1) is 25.3. The molecule has 1 aromatic carbocycles. The van der Waals surface area contributed by atoms with Gasteiger partial charge in [-0.2, -0.15) is 4.72 Å². The third-order valence-corrected chi connectivity index (χ3v) is 6.85. The van der Waals surface area contributed by atoms with Crippen molar-refractivity contribution in [3.63, 3.8) is 0 Å². The van der Waals surface area contributed by atoms with Crippen molar-refractivity contribution in [2.24, 2.45) is 5.92 Å². The third kappa shape index (κ3) is 7.02. The van der Waals surface area contributed by atoms with Gasteiger partial charge in [-0.05, 0) is 57.1 Å². The van der Waals surface area contributed by atoms with Crippen molar-refractivity contribution in [3.05, 3.63) is 28.8 Å². The van der Waals surface area contributed by atoms with Gasteiger partial charge in [-0.1, -0.05) is 31.5 Å². The van der Waals surface area contributed by atoms with Gasteiger partial charge in [0.1, 0.15) is 6.04 Å². The summed E-state index contributed by atoms with van der Waals surface area (Å²) in [6, 6.07) is 2.11. The van der Waals surface area contributed by atoms with Gasteiger partial charge >= 0.3 is 5.97 Å². The van der Waals surface area contributed by atoms with Crippen LogP contribution in [0.2, 0.25) is 0 Å². The minimum atomic E-state index is -3.93. The van der Waals surface area contributed by atoms with Gasteiger partial charge < -0.3 is 14.8 Å². The first-order valence-corrected chi connectivity index (χ1v) is 12.1. The van der Waals surface area contributed by atoms with Crippen LogP contribution in [0, 0.1) is 26.7 Å². The van der Waals surface area contributed by atoms with Crippen LogP contribution in [0.15, 0.2) is 17.0 Å². The second kappa shape index (κ2) is 10.6. The fraction of sp³-hybridized carbons (Fsp3) is 0.636. The molecule has 1 heterocycles. The van der Waals surface area contributed by atoms with Crippen molar-refractivity contribution >= 4 is 21.9 Å². The predicted molar refractivity (Wildman–Crippen MR) is 117 cm³/mol. The second-order valence-electron chi connectivity index (χ2n) is 8.64. The predicted octanol–water partition coefficient (Wildman–Crippen LogP) is 2.49. The first-order valence-electron chi connectivity index (χ1n) is 10.6. The van der Waals surface area contributed by atoms with Gasteiger partial charge in [0.2, 0.25) is 22.2 Å². The number of carbonyl (C=O) groups is 2. The first-order chi connectivity index (χ1) is 14.4. The van der Waals surface area contributed by atoms with E-state index in [1.165, 1.54) is 6.92 Å². The van der Waals surface area contributed by atoms with Crippen LogP contribution in [-0.2, 0) is 29.1 Å². The Hall–Kier alpha value is -1.97. The summed E-state index contributed by atoms with van der Waals surface area (Å²) in [5, 5.41) is 2.82. The van der Waals surface area contributed by atoms with Crippen molar-refractivity contribution in [1.29, 1.82) is 0 Å². The average molecular weight is 455 g/mol. The molecule has 1 aromatic rings. The number of esters is 1. The number of carbonyl (C=O) groups excluding carboxylic acids is 2. The molecule has 1 aliphatic rings. The van der Waals surface area contributed by atoms with Gasteiger partial charge in [0.25, 0.3) is 0 Å². The fourth-order valence-corrected chi connectivity index (χ4v) is 5.64.